The maximum absolute atomic E-state index is 12.9. The quantitative estimate of drug-likeness (QED) is 0.0591. The standard InChI is InChI=1S/C33H39F3N2O10/c34-33(35,36)24-10-7-11-26(16-24)46-21-25(39)14-15-28-27(29(40)17-30(28)41)12-3-1-2-4-13-31(42)37-18-32(43)47-19-22-8-5-6-9-23(22)20-48-38(44)45/h1,3,5-11,14-16,25,27-30,39-41H,2,4,12-13,17-21H2,(H,37,42)/t25-,27-,28-,29+,30-/m1/s1. The summed E-state index contributed by atoms with van der Waals surface area (Å²) in [5.41, 5.74) is 0.156. The maximum Gasteiger partial charge on any atom is 0.416 e. The number of alkyl halides is 3. The van der Waals surface area contributed by atoms with Gasteiger partial charge in [0.05, 0.1) is 17.8 Å². The van der Waals surface area contributed by atoms with Gasteiger partial charge < -0.3 is 34.9 Å². The first-order chi connectivity index (χ1) is 22.8. The zero-order chi connectivity index (χ0) is 35.1. The summed E-state index contributed by atoms with van der Waals surface area (Å²) in [4.78, 5) is 39.0. The molecular weight excluding hydrogens is 641 g/mol. The van der Waals surface area contributed by atoms with Crippen molar-refractivity contribution in [3.05, 3.63) is 99.6 Å². The summed E-state index contributed by atoms with van der Waals surface area (Å²) >= 11 is 0. The molecule has 15 heteroatoms. The number of amides is 1. The summed E-state index contributed by atoms with van der Waals surface area (Å²) < 4.78 is 49.1. The zero-order valence-corrected chi connectivity index (χ0v) is 26.0. The first-order valence-electron chi connectivity index (χ1n) is 15.3. The highest BCUT2D eigenvalue weighted by Gasteiger charge is 2.39. The first kappa shape index (κ1) is 38.0. The Morgan fingerprint density at radius 3 is 2.50 bits per heavy atom. The molecule has 0 radical (unpaired) electrons. The van der Waals surface area contributed by atoms with E-state index < -0.39 is 47.0 Å². The van der Waals surface area contributed by atoms with Crippen molar-refractivity contribution in [2.45, 2.75) is 69.8 Å². The second-order valence-electron chi connectivity index (χ2n) is 11.2. The number of halogens is 3. The lowest BCUT2D eigenvalue weighted by atomic mass is 9.89. The SMILES string of the molecule is O=C(CCCC=CC[C@@H]1[C@@H](C=C[C@@H](O)COc2cccc(C(F)(F)F)c2)[C@H](O)C[C@@H]1O)NCC(=O)OCc1ccccc1CO[N+](=O)[O-]. The van der Waals surface area contributed by atoms with Crippen LogP contribution in [0, 0.1) is 22.0 Å². The highest BCUT2D eigenvalue weighted by molar-refractivity contribution is 5.81. The lowest BCUT2D eigenvalue weighted by molar-refractivity contribution is -0.763. The number of hydrogen-bond donors (Lipinski definition) is 4. The summed E-state index contributed by atoms with van der Waals surface area (Å²) in [6, 6.07) is 10.9. The smallest absolute Gasteiger partial charge is 0.416 e. The Bertz CT molecular complexity index is 1420. The maximum atomic E-state index is 12.9. The van der Waals surface area contributed by atoms with Gasteiger partial charge >= 0.3 is 12.1 Å². The summed E-state index contributed by atoms with van der Waals surface area (Å²) in [5, 5.41) is 43.2. The molecule has 1 fully saturated rings. The van der Waals surface area contributed by atoms with Crippen molar-refractivity contribution in [3.8, 4) is 5.75 Å². The number of aliphatic hydroxyl groups is 3. The molecule has 0 unspecified atom stereocenters. The fourth-order valence-corrected chi connectivity index (χ4v) is 5.14. The van der Waals surface area contributed by atoms with Gasteiger partial charge in [0, 0.05) is 18.8 Å². The van der Waals surface area contributed by atoms with Crippen LogP contribution in [0.15, 0.2) is 72.8 Å². The Balaban J connectivity index is 1.34. The van der Waals surface area contributed by atoms with Gasteiger partial charge in [0.15, 0.2) is 0 Å². The number of benzene rings is 2. The van der Waals surface area contributed by atoms with Crippen LogP contribution in [-0.2, 0) is 38.6 Å². The second-order valence-corrected chi connectivity index (χ2v) is 11.2. The van der Waals surface area contributed by atoms with Crippen molar-refractivity contribution in [3.63, 3.8) is 0 Å². The van der Waals surface area contributed by atoms with E-state index in [9.17, 15) is 48.2 Å². The third kappa shape index (κ3) is 13.0. The number of esters is 1. The van der Waals surface area contributed by atoms with Crippen molar-refractivity contribution < 1.29 is 57.5 Å². The highest BCUT2D eigenvalue weighted by atomic mass is 19.4. The number of ether oxygens (including phenoxy) is 2. The molecule has 0 saturated heterocycles. The summed E-state index contributed by atoms with van der Waals surface area (Å²) in [6.45, 7) is -1.07. The fraction of sp³-hybridized carbons (Fsp3) is 0.455. The molecule has 3 rings (SSSR count). The molecule has 5 atom stereocenters. The lowest BCUT2D eigenvalue weighted by Gasteiger charge is -2.19. The molecule has 1 aliphatic rings. The number of carbonyl (C=O) groups is 2. The van der Waals surface area contributed by atoms with Crippen LogP contribution in [0.1, 0.15) is 48.8 Å². The van der Waals surface area contributed by atoms with E-state index in [4.69, 9.17) is 9.47 Å². The molecule has 2 aromatic carbocycles. The lowest BCUT2D eigenvalue weighted by Crippen LogP contribution is -2.30. The van der Waals surface area contributed by atoms with Crippen LogP contribution < -0.4 is 10.1 Å². The van der Waals surface area contributed by atoms with E-state index in [0.717, 1.165) is 12.1 Å². The molecule has 262 valence electrons. The molecule has 0 spiro atoms. The average molecular weight is 681 g/mol. The molecule has 0 heterocycles. The number of hydrogen-bond acceptors (Lipinski definition) is 10. The highest BCUT2D eigenvalue weighted by Crippen LogP contribution is 2.36. The van der Waals surface area contributed by atoms with Crippen molar-refractivity contribution >= 4 is 11.9 Å². The first-order valence-corrected chi connectivity index (χ1v) is 15.3. The van der Waals surface area contributed by atoms with Crippen LogP contribution in [-0.4, -0.2) is 63.7 Å². The second kappa shape index (κ2) is 18.8. The molecule has 1 amide bonds. The summed E-state index contributed by atoms with van der Waals surface area (Å²) in [7, 11) is 0. The van der Waals surface area contributed by atoms with Crippen LogP contribution in [0.4, 0.5) is 13.2 Å². The van der Waals surface area contributed by atoms with E-state index >= 15 is 0 Å². The Hall–Kier alpha value is -4.47. The minimum atomic E-state index is -4.52. The average Bonchev–Trinajstić information content (AvgIpc) is 3.32. The largest absolute Gasteiger partial charge is 0.491 e. The number of allylic oxidation sites excluding steroid dienone is 2. The topological polar surface area (TPSA) is 178 Å². The van der Waals surface area contributed by atoms with Gasteiger partial charge in [-0.15, -0.1) is 10.1 Å². The van der Waals surface area contributed by atoms with Crippen molar-refractivity contribution in [1.29, 1.82) is 0 Å². The Morgan fingerprint density at radius 2 is 1.79 bits per heavy atom. The molecule has 0 aromatic heterocycles. The molecule has 1 saturated carbocycles. The van der Waals surface area contributed by atoms with E-state index in [-0.39, 0.29) is 56.8 Å². The van der Waals surface area contributed by atoms with Gasteiger partial charge in [-0.25, -0.2) is 0 Å². The number of nitrogens with zero attached hydrogens (tertiary/aromatic N) is 1. The predicted molar refractivity (Wildman–Crippen MR) is 164 cm³/mol. The molecule has 4 N–H and O–H groups in total. The van der Waals surface area contributed by atoms with Gasteiger partial charge in [-0.1, -0.05) is 54.6 Å². The number of carbonyl (C=O) groups excluding carboxylic acids is 2. The van der Waals surface area contributed by atoms with Crippen molar-refractivity contribution in [1.82, 2.24) is 5.32 Å². The van der Waals surface area contributed by atoms with Crippen LogP contribution in [0.5, 0.6) is 5.75 Å². The molecule has 0 aliphatic heterocycles. The van der Waals surface area contributed by atoms with Crippen LogP contribution >= 0.6 is 0 Å². The van der Waals surface area contributed by atoms with Crippen LogP contribution in [0.3, 0.4) is 0 Å². The minimum Gasteiger partial charge on any atom is -0.491 e. The van der Waals surface area contributed by atoms with Gasteiger partial charge in [0.2, 0.25) is 5.91 Å². The van der Waals surface area contributed by atoms with E-state index in [0.29, 0.717) is 30.4 Å². The van der Waals surface area contributed by atoms with Gasteiger partial charge in [0.1, 0.15) is 38.2 Å². The minimum absolute atomic E-state index is 0.0459. The van der Waals surface area contributed by atoms with E-state index in [1.165, 1.54) is 18.2 Å². The fourth-order valence-electron chi connectivity index (χ4n) is 5.14. The molecular formula is C33H39F3N2O10. The van der Waals surface area contributed by atoms with E-state index in [2.05, 4.69) is 10.2 Å². The van der Waals surface area contributed by atoms with Gasteiger partial charge in [-0.05, 0) is 54.5 Å². The number of unbranched alkanes of at least 4 members (excludes halogenated alkanes) is 1. The van der Waals surface area contributed by atoms with Crippen molar-refractivity contribution in [2.24, 2.45) is 11.8 Å². The third-order valence-corrected chi connectivity index (χ3v) is 7.67. The molecule has 48 heavy (non-hydrogen) atoms. The number of nitrogens with one attached hydrogen (secondary N) is 1. The van der Waals surface area contributed by atoms with Crippen LogP contribution in [0.2, 0.25) is 0 Å². The zero-order valence-electron chi connectivity index (χ0n) is 26.0. The molecule has 0 bridgehead atoms. The van der Waals surface area contributed by atoms with Gasteiger partial charge in [0.25, 0.3) is 5.09 Å². The third-order valence-electron chi connectivity index (χ3n) is 7.67. The Morgan fingerprint density at radius 1 is 1.06 bits per heavy atom. The summed E-state index contributed by atoms with van der Waals surface area (Å²) in [6.07, 6.45) is 1.08. The molecule has 12 nitrogen and oxygen atoms in total. The van der Waals surface area contributed by atoms with Crippen LogP contribution in [0.25, 0.3) is 0 Å². The Labute approximate surface area is 274 Å². The van der Waals surface area contributed by atoms with E-state index in [1.807, 2.05) is 12.2 Å². The Kier molecular flexibility index (Phi) is 14.8. The summed E-state index contributed by atoms with van der Waals surface area (Å²) in [5.74, 6) is -1.89. The van der Waals surface area contributed by atoms with Gasteiger partial charge in [-0.3, -0.25) is 9.59 Å². The molecule has 2 aromatic rings. The predicted octanol–water partition coefficient (Wildman–Crippen LogP) is 4.04. The van der Waals surface area contributed by atoms with Gasteiger partial charge in [-0.2, -0.15) is 13.2 Å². The normalized spacial score (nSPS) is 20.1. The van der Waals surface area contributed by atoms with Crippen molar-refractivity contribution in [2.75, 3.05) is 13.2 Å². The number of aliphatic hydroxyl groups excluding tert-OH is 3. The van der Waals surface area contributed by atoms with E-state index in [1.54, 1.807) is 30.3 Å². The monoisotopic (exact) mass is 680 g/mol. The number of rotatable bonds is 18. The molecule has 1 aliphatic carbocycles.